The summed E-state index contributed by atoms with van der Waals surface area (Å²) in [5.41, 5.74) is 2.26. The number of amides is 6. The number of nitrogens with two attached hydrogens (primary N) is 1. The quantitative estimate of drug-likeness (QED) is 0.0327. The lowest BCUT2D eigenvalue weighted by molar-refractivity contribution is -0.934. The van der Waals surface area contributed by atoms with Crippen molar-refractivity contribution in [2.24, 2.45) is 35.3 Å². The summed E-state index contributed by atoms with van der Waals surface area (Å²) in [5, 5.41) is 69.2. The molecule has 6 amide bonds. The third-order valence-corrected chi connectivity index (χ3v) is 19.8. The van der Waals surface area contributed by atoms with E-state index in [0.717, 1.165) is 10.5 Å². The zero-order valence-electron chi connectivity index (χ0n) is 57.7. The van der Waals surface area contributed by atoms with Crippen molar-refractivity contribution in [3.63, 3.8) is 0 Å². The number of nitrogens with zero attached hydrogens (tertiary/aromatic N) is 3. The molecule has 5 rings (SSSR count). The molecular formula is C68H114N7O17+. The fourth-order valence-corrected chi connectivity index (χ4v) is 14.0. The lowest BCUT2D eigenvalue weighted by atomic mass is 9.77. The maximum atomic E-state index is 14.1. The minimum atomic E-state index is -1.72. The number of imide groups is 1. The van der Waals surface area contributed by atoms with E-state index >= 15 is 0 Å². The molecule has 1 aromatic rings. The summed E-state index contributed by atoms with van der Waals surface area (Å²) in [7, 11) is 7.41. The Balaban J connectivity index is 1.36. The molecule has 24 heteroatoms. The van der Waals surface area contributed by atoms with E-state index in [1.54, 1.807) is 39.8 Å². The molecule has 0 radical (unpaired) electrons. The van der Waals surface area contributed by atoms with E-state index in [0.29, 0.717) is 57.3 Å². The predicted molar refractivity (Wildman–Crippen MR) is 347 cm³/mol. The van der Waals surface area contributed by atoms with Crippen molar-refractivity contribution >= 4 is 41.1 Å². The average molecular weight is 1300 g/mol. The smallest absolute Gasteiger partial charge is 0.312 e. The van der Waals surface area contributed by atoms with E-state index in [2.05, 4.69) is 22.5 Å². The number of primary amides is 1. The first-order valence-corrected chi connectivity index (χ1v) is 33.2. The Bertz CT molecular complexity index is 2640. The minimum Gasteiger partial charge on any atom is -0.492 e. The van der Waals surface area contributed by atoms with Crippen molar-refractivity contribution in [2.75, 3.05) is 53.2 Å². The fraction of sp³-hybridized carbons (Fsp3) is 0.765. The third-order valence-electron chi connectivity index (χ3n) is 19.8. The number of aliphatic hydroxyl groups is 5. The SMILES string of the molecule is C=C1O[C@H](CC)[C@@](C)(O)[C@H](O)[C@@H](C)N(C)C[C@H](C)C[C@@](C)(O)[C@H](OC2OC(C)CC([N+](C)(C)Cc3ccc(NC(=O)[C@H](CCCNC(N)=O)CC(=O)[C@@H](NC(=O)CCCCCN4C(=O)C=CC4=O)C(C)C)cc3)C2O)C(C)[C@H](OC2CC(C)(OC)C(O)C(C)O2)[C@H]1C. The van der Waals surface area contributed by atoms with Gasteiger partial charge in [0.25, 0.3) is 11.8 Å². The summed E-state index contributed by atoms with van der Waals surface area (Å²) >= 11 is 0. The Morgan fingerprint density at radius 2 is 1.53 bits per heavy atom. The van der Waals surface area contributed by atoms with Gasteiger partial charge in [0.2, 0.25) is 11.8 Å². The molecule has 0 aromatic heterocycles. The highest BCUT2D eigenvalue weighted by atomic mass is 16.7. The molecule has 3 fully saturated rings. The van der Waals surface area contributed by atoms with Gasteiger partial charge in [-0.15, -0.1) is 0 Å². The molecule has 0 saturated carbocycles. The van der Waals surface area contributed by atoms with Crippen LogP contribution in [0, 0.1) is 29.6 Å². The van der Waals surface area contributed by atoms with Crippen LogP contribution in [0.15, 0.2) is 48.8 Å². The van der Waals surface area contributed by atoms with Gasteiger partial charge in [-0.1, -0.05) is 66.7 Å². The highest BCUT2D eigenvalue weighted by Gasteiger charge is 2.53. The summed E-state index contributed by atoms with van der Waals surface area (Å²) in [4.78, 5) is 79.7. The molecule has 3 saturated heterocycles. The zero-order valence-corrected chi connectivity index (χ0v) is 57.7. The Kier molecular flexibility index (Phi) is 28.4. The minimum absolute atomic E-state index is 0.129. The van der Waals surface area contributed by atoms with Crippen LogP contribution in [0.5, 0.6) is 0 Å². The van der Waals surface area contributed by atoms with Gasteiger partial charge in [-0.05, 0) is 111 Å². The van der Waals surface area contributed by atoms with Gasteiger partial charge < -0.3 is 85.0 Å². The number of anilines is 1. The number of urea groups is 1. The van der Waals surface area contributed by atoms with E-state index in [9.17, 15) is 54.3 Å². The topological polar surface area (TPSA) is 328 Å². The number of ketones is 1. The van der Waals surface area contributed by atoms with Crippen LogP contribution in [0.4, 0.5) is 10.5 Å². The highest BCUT2D eigenvalue weighted by Crippen LogP contribution is 2.42. The first kappa shape index (κ1) is 77.7. The number of benzene rings is 1. The van der Waals surface area contributed by atoms with Gasteiger partial charge in [0.05, 0.1) is 61.5 Å². The Hall–Kier alpha value is -4.96. The van der Waals surface area contributed by atoms with Crippen molar-refractivity contribution in [2.45, 2.75) is 257 Å². The van der Waals surface area contributed by atoms with E-state index in [1.165, 1.54) is 19.3 Å². The van der Waals surface area contributed by atoms with Gasteiger partial charge >= 0.3 is 6.03 Å². The van der Waals surface area contributed by atoms with Crippen LogP contribution in [0.2, 0.25) is 0 Å². The number of unbranched alkanes of at least 4 members (excludes halogenated alkanes) is 2. The third kappa shape index (κ3) is 20.5. The second-order valence-electron chi connectivity index (χ2n) is 28.5. The number of carbonyl (C=O) groups is 6. The van der Waals surface area contributed by atoms with Gasteiger partial charge in [-0.3, -0.25) is 28.9 Å². The Morgan fingerprint density at radius 3 is 2.13 bits per heavy atom. The first-order chi connectivity index (χ1) is 42.9. The van der Waals surface area contributed by atoms with E-state index in [1.807, 2.05) is 93.6 Å². The van der Waals surface area contributed by atoms with Gasteiger partial charge in [0, 0.05) is 99.6 Å². The van der Waals surface area contributed by atoms with E-state index in [4.69, 9.17) is 34.2 Å². The van der Waals surface area contributed by atoms with Crippen LogP contribution in [-0.2, 0) is 58.9 Å². The largest absolute Gasteiger partial charge is 0.492 e. The number of quaternary nitrogens is 1. The van der Waals surface area contributed by atoms with Crippen molar-refractivity contribution in [3.8, 4) is 0 Å². The molecule has 0 aliphatic carbocycles. The number of hydrogen-bond acceptors (Lipinski definition) is 18. The lowest BCUT2D eigenvalue weighted by Gasteiger charge is -2.50. The number of likely N-dealkylation sites (N-methyl/N-ethyl adjacent to an activating group) is 2. The molecule has 92 heavy (non-hydrogen) atoms. The van der Waals surface area contributed by atoms with Crippen molar-refractivity contribution in [1.82, 2.24) is 20.4 Å². The standard InChI is InChI=1S/C68H113N7O17/c1-18-52-68(13,86)60(81)44(8)73(14)37-40(4)35-66(11,85)62(43(7)59(42(6)45(9)89-52)91-56-36-67(12,87-17)61(82)46(10)90-56)92-64-58(80)50(33-41(5)88-64)75(15,16)38-47-25-27-49(28-26-47)71-63(83)48(23-22-31-70-65(69)84)34-51(76)57(39(2)3)72-53(77)24-20-19-21-32-74-54(78)29-30-55(74)79/h25-30,39-44,46,48,50,52,56-62,64,80-82,85-86H,9,18-24,31-38H2,1-8,10-17H3,(H4-,69,70,71,72,77,83,84)/p+1/t40-,41?,42+,43?,44-,46?,48-,50?,52-,56?,57+,58?,59-,60-,61?,62-,64?,66-,67?,68-/m1/s1. The summed E-state index contributed by atoms with van der Waals surface area (Å²) in [6.45, 7) is 27.5. The average Bonchev–Trinajstić information content (AvgIpc) is 0.849. The molecule has 1 aromatic carbocycles. The van der Waals surface area contributed by atoms with Gasteiger partial charge in [-0.2, -0.15) is 0 Å². The molecule has 10 N–H and O–H groups in total. The summed E-state index contributed by atoms with van der Waals surface area (Å²) in [6.07, 6.45) is -3.96. The zero-order chi connectivity index (χ0) is 69.0. The van der Waals surface area contributed by atoms with Crippen LogP contribution in [0.1, 0.15) is 159 Å². The lowest BCUT2D eigenvalue weighted by Crippen LogP contribution is -2.64. The van der Waals surface area contributed by atoms with Gasteiger partial charge in [0.1, 0.15) is 36.5 Å². The number of rotatable bonds is 26. The Labute approximate surface area is 546 Å². The normalized spacial score (nSPS) is 34.6. The molecular weight excluding hydrogens is 1190 g/mol. The molecule has 0 spiro atoms. The number of methoxy groups -OCH3 is 1. The number of ether oxygens (including phenoxy) is 6. The molecule has 4 aliphatic rings. The monoisotopic (exact) mass is 1300 g/mol. The van der Waals surface area contributed by atoms with Gasteiger partial charge in [0.15, 0.2) is 24.5 Å². The van der Waals surface area contributed by atoms with Crippen LogP contribution < -0.4 is 21.7 Å². The first-order valence-electron chi connectivity index (χ1n) is 33.2. The van der Waals surface area contributed by atoms with Crippen LogP contribution in [0.3, 0.4) is 0 Å². The summed E-state index contributed by atoms with van der Waals surface area (Å²) in [5.74, 6) is -4.28. The highest BCUT2D eigenvalue weighted by molar-refractivity contribution is 6.12. The molecule has 522 valence electrons. The maximum absolute atomic E-state index is 14.1. The number of aliphatic hydroxyl groups excluding tert-OH is 3. The predicted octanol–water partition coefficient (Wildman–Crippen LogP) is 5.19. The molecule has 0 bridgehead atoms. The fourth-order valence-electron chi connectivity index (χ4n) is 14.0. The van der Waals surface area contributed by atoms with Crippen molar-refractivity contribution in [1.29, 1.82) is 0 Å². The maximum Gasteiger partial charge on any atom is 0.312 e. The Morgan fingerprint density at radius 1 is 0.891 bits per heavy atom. The van der Waals surface area contributed by atoms with E-state index in [-0.39, 0.29) is 90.8 Å². The second kappa shape index (κ2) is 33.6. The van der Waals surface area contributed by atoms with Gasteiger partial charge in [-0.25, -0.2) is 4.79 Å². The summed E-state index contributed by atoms with van der Waals surface area (Å²) in [6, 6.07) is 4.71. The van der Waals surface area contributed by atoms with Crippen molar-refractivity contribution < 1.29 is 87.2 Å². The molecule has 9 unspecified atom stereocenters. The molecule has 4 aliphatic heterocycles. The molecule has 24 nitrogen and oxygen atoms in total. The number of hydrogen-bond donors (Lipinski definition) is 9. The van der Waals surface area contributed by atoms with E-state index < -0.39 is 126 Å². The number of nitrogens with one attached hydrogen (secondary N) is 3. The molecule has 4 heterocycles. The molecule has 20 atom stereocenters. The van der Waals surface area contributed by atoms with Crippen molar-refractivity contribution in [3.05, 3.63) is 54.3 Å². The summed E-state index contributed by atoms with van der Waals surface area (Å²) < 4.78 is 39.7. The second-order valence-corrected chi connectivity index (χ2v) is 28.5. The van der Waals surface area contributed by atoms with Crippen LogP contribution >= 0.6 is 0 Å². The van der Waals surface area contributed by atoms with Crippen LogP contribution in [0.25, 0.3) is 0 Å². The van der Waals surface area contributed by atoms with Crippen LogP contribution in [-0.4, -0.2) is 219 Å². The number of Topliss-reactive ketones (excluding diaryl/α,β-unsaturated/α-hetero) is 1. The number of carbonyl (C=O) groups excluding carboxylic acids is 6.